The standard InChI is InChI=1S/C46H61ClN6/c1-34-12-20-38(21-13-34)44(52(7)48-32-36-16-26-42(27-17-36)50(3)4)30-24-40-10-9-11-41(46(40)47)25-31-45(39-22-14-35(2)15-23-39)53(8)49-33-37-18-28-43(29-19-37)51(5)6/h12-23,26-29,32-33,40-41,44-46H,9-11,24-25,30-31H2,1-8H3/p+1. The van der Waals surface area contributed by atoms with Crippen LogP contribution in [0.5, 0.6) is 0 Å². The summed E-state index contributed by atoms with van der Waals surface area (Å²) in [5, 5.41) is 13.5. The van der Waals surface area contributed by atoms with Crippen LogP contribution in [0.2, 0.25) is 0 Å². The van der Waals surface area contributed by atoms with Gasteiger partial charge >= 0.3 is 0 Å². The van der Waals surface area contributed by atoms with Crippen LogP contribution in [0.1, 0.15) is 90.4 Å². The first kappa shape index (κ1) is 40.1. The molecule has 0 heterocycles. The Hall–Kier alpha value is -4.13. The van der Waals surface area contributed by atoms with Gasteiger partial charge in [0.15, 0.2) is 0 Å². The Morgan fingerprint density at radius 2 is 1.13 bits per heavy atom. The monoisotopic (exact) mass is 733 g/mol. The molecule has 0 spiro atoms. The Labute approximate surface area is 325 Å². The number of alkyl halides is 1. The molecule has 1 aliphatic rings. The number of hydrazone groups is 1. The first-order valence-corrected chi connectivity index (χ1v) is 19.9. The topological polar surface area (TPSA) is 38.9 Å². The number of nitrogens with zero attached hydrogens (tertiary/aromatic N) is 5. The fourth-order valence-electron chi connectivity index (χ4n) is 7.70. The van der Waals surface area contributed by atoms with Crippen LogP contribution in [-0.2, 0) is 0 Å². The van der Waals surface area contributed by atoms with Gasteiger partial charge in [-0.2, -0.15) is 5.10 Å². The zero-order valence-electron chi connectivity index (χ0n) is 33.3. The highest BCUT2D eigenvalue weighted by molar-refractivity contribution is 6.21. The molecule has 0 aromatic heterocycles. The molecule has 6 nitrogen and oxygen atoms in total. The van der Waals surface area contributed by atoms with Gasteiger partial charge in [-0.3, -0.25) is 5.01 Å². The lowest BCUT2D eigenvalue weighted by molar-refractivity contribution is -0.919. The second-order valence-corrected chi connectivity index (χ2v) is 16.1. The zero-order valence-corrected chi connectivity index (χ0v) is 34.1. The first-order valence-electron chi connectivity index (χ1n) is 19.4. The lowest BCUT2D eigenvalue weighted by Crippen LogP contribution is -3.04. The fraction of sp³-hybridized carbons (Fsp3) is 0.435. The van der Waals surface area contributed by atoms with E-state index in [2.05, 4.69) is 168 Å². The molecule has 7 heteroatoms. The van der Waals surface area contributed by atoms with Crippen LogP contribution in [0, 0.1) is 25.7 Å². The van der Waals surface area contributed by atoms with E-state index in [1.807, 2.05) is 12.4 Å². The van der Waals surface area contributed by atoms with Gasteiger partial charge in [-0.05, 0) is 98.7 Å². The summed E-state index contributed by atoms with van der Waals surface area (Å²) in [6.45, 7) is 4.31. The van der Waals surface area contributed by atoms with Gasteiger partial charge < -0.3 is 9.80 Å². The molecule has 53 heavy (non-hydrogen) atoms. The lowest BCUT2D eigenvalue weighted by atomic mass is 9.75. The maximum atomic E-state index is 7.47. The average Bonchev–Trinajstić information content (AvgIpc) is 3.16. The van der Waals surface area contributed by atoms with Gasteiger partial charge in [-0.1, -0.05) is 95.4 Å². The van der Waals surface area contributed by atoms with Crippen LogP contribution in [-0.4, -0.2) is 65.1 Å². The summed E-state index contributed by atoms with van der Waals surface area (Å²) < 4.78 is 0. The number of anilines is 2. The second kappa shape index (κ2) is 19.3. The third-order valence-corrected chi connectivity index (χ3v) is 11.9. The van der Waals surface area contributed by atoms with Gasteiger partial charge in [0.1, 0.15) is 6.04 Å². The summed E-state index contributed by atoms with van der Waals surface area (Å²) in [5.74, 6) is 0.989. The number of halogens is 1. The van der Waals surface area contributed by atoms with E-state index in [1.54, 1.807) is 0 Å². The van der Waals surface area contributed by atoms with E-state index in [-0.39, 0.29) is 17.5 Å². The average molecular weight is 734 g/mol. The summed E-state index contributed by atoms with van der Waals surface area (Å²) in [5.41, 5.74) is 9.79. The zero-order chi connectivity index (χ0) is 37.9. The highest BCUT2D eigenvalue weighted by Crippen LogP contribution is 2.41. The minimum absolute atomic E-state index is 0.170. The van der Waals surface area contributed by atoms with Gasteiger partial charge in [-0.15, -0.1) is 11.6 Å². The summed E-state index contributed by atoms with van der Waals surface area (Å²) in [6, 6.07) is 35.6. The smallest absolute Gasteiger partial charge is 0.137 e. The summed E-state index contributed by atoms with van der Waals surface area (Å²) in [4.78, 5) is 4.24. The summed E-state index contributed by atoms with van der Waals surface area (Å²) in [7, 11) is 12.6. The van der Waals surface area contributed by atoms with Crippen molar-refractivity contribution in [2.45, 2.75) is 76.3 Å². The van der Waals surface area contributed by atoms with Crippen molar-refractivity contribution < 1.29 is 5.01 Å². The lowest BCUT2D eigenvalue weighted by Gasteiger charge is -2.36. The molecule has 5 rings (SSSR count). The van der Waals surface area contributed by atoms with E-state index < -0.39 is 0 Å². The van der Waals surface area contributed by atoms with E-state index in [4.69, 9.17) is 21.8 Å². The number of hydrogen-bond donors (Lipinski definition) is 1. The third-order valence-electron chi connectivity index (χ3n) is 11.2. The maximum absolute atomic E-state index is 7.47. The third kappa shape index (κ3) is 11.4. The molecule has 6 atom stereocenters. The number of nitrogens with one attached hydrogen (secondary N) is 1. The van der Waals surface area contributed by atoms with E-state index in [0.717, 1.165) is 41.8 Å². The van der Waals surface area contributed by atoms with Crippen molar-refractivity contribution in [2.24, 2.45) is 22.0 Å². The number of quaternary nitrogens is 1. The molecule has 282 valence electrons. The van der Waals surface area contributed by atoms with Crippen LogP contribution in [0.15, 0.2) is 107 Å². The number of hydrogen-bond acceptors (Lipinski definition) is 5. The minimum Gasteiger partial charge on any atom is -0.378 e. The van der Waals surface area contributed by atoms with Crippen molar-refractivity contribution in [2.75, 3.05) is 52.1 Å². The molecule has 4 aromatic carbocycles. The molecule has 1 aliphatic carbocycles. The van der Waals surface area contributed by atoms with Crippen LogP contribution in [0.3, 0.4) is 0 Å². The van der Waals surface area contributed by atoms with Crippen LogP contribution in [0.4, 0.5) is 11.4 Å². The predicted molar refractivity (Wildman–Crippen MR) is 228 cm³/mol. The molecular weight excluding hydrogens is 672 g/mol. The molecule has 0 saturated heterocycles. The van der Waals surface area contributed by atoms with E-state index in [1.165, 1.54) is 52.9 Å². The highest BCUT2D eigenvalue weighted by Gasteiger charge is 2.34. The molecule has 0 bridgehead atoms. The molecule has 0 radical (unpaired) electrons. The van der Waals surface area contributed by atoms with Crippen molar-refractivity contribution in [1.29, 1.82) is 0 Å². The summed E-state index contributed by atoms with van der Waals surface area (Å²) >= 11 is 7.47. The molecule has 4 aromatic rings. The predicted octanol–water partition coefficient (Wildman–Crippen LogP) is 9.32. The molecule has 0 amide bonds. The Morgan fingerprint density at radius 1 is 0.660 bits per heavy atom. The maximum Gasteiger partial charge on any atom is 0.137 e. The number of rotatable bonds is 16. The Morgan fingerprint density at radius 3 is 1.64 bits per heavy atom. The molecule has 1 N–H and O–H groups in total. The SMILES string of the molecule is Cc1ccc(C(CCC2CCCC(CCC(c3ccc(C)cc3)[NH+](C)N=Cc3ccc(N(C)C)cc3)C2Cl)N(C)N=Cc2ccc(N(C)C)cc2)cc1. The first-order chi connectivity index (χ1) is 25.5. The Bertz CT molecular complexity index is 1600. The second-order valence-electron chi connectivity index (χ2n) is 15.6. The van der Waals surface area contributed by atoms with E-state index in [9.17, 15) is 0 Å². The molecular formula is C46H62ClN6+. The van der Waals surface area contributed by atoms with Gasteiger partial charge in [0.25, 0.3) is 0 Å². The van der Waals surface area contributed by atoms with Crippen LogP contribution >= 0.6 is 11.6 Å². The minimum atomic E-state index is 0.170. The quantitative estimate of drug-likeness (QED) is 0.0709. The molecule has 1 saturated carbocycles. The van der Waals surface area contributed by atoms with Crippen molar-refractivity contribution in [3.05, 3.63) is 130 Å². The van der Waals surface area contributed by atoms with Crippen molar-refractivity contribution in [3.63, 3.8) is 0 Å². The van der Waals surface area contributed by atoms with Gasteiger partial charge in [0, 0.05) is 64.0 Å². The number of benzene rings is 4. The Kier molecular flexibility index (Phi) is 14.6. The Balaban J connectivity index is 1.25. The molecule has 0 aliphatic heterocycles. The normalized spacial score (nSPS) is 19.3. The van der Waals surface area contributed by atoms with Gasteiger partial charge in [0.2, 0.25) is 0 Å². The highest BCUT2D eigenvalue weighted by atomic mass is 35.5. The van der Waals surface area contributed by atoms with Crippen molar-refractivity contribution in [3.8, 4) is 0 Å². The van der Waals surface area contributed by atoms with E-state index in [0.29, 0.717) is 11.8 Å². The fourth-order valence-corrected chi connectivity index (χ4v) is 8.20. The van der Waals surface area contributed by atoms with Gasteiger partial charge in [-0.25, -0.2) is 5.01 Å². The number of aryl methyl sites for hydroxylation is 2. The summed E-state index contributed by atoms with van der Waals surface area (Å²) in [6.07, 6.45) is 11.9. The largest absolute Gasteiger partial charge is 0.378 e. The van der Waals surface area contributed by atoms with E-state index >= 15 is 0 Å². The van der Waals surface area contributed by atoms with Crippen LogP contribution in [0.25, 0.3) is 0 Å². The van der Waals surface area contributed by atoms with Crippen molar-refractivity contribution >= 4 is 35.4 Å². The van der Waals surface area contributed by atoms with Crippen LogP contribution < -0.4 is 14.8 Å². The molecule has 1 fully saturated rings. The van der Waals surface area contributed by atoms with Gasteiger partial charge in [0.05, 0.1) is 25.5 Å². The van der Waals surface area contributed by atoms with Crippen molar-refractivity contribution in [1.82, 2.24) is 5.01 Å². The molecule has 6 unspecified atom stereocenters.